The van der Waals surface area contributed by atoms with E-state index in [9.17, 15) is 9.59 Å². The lowest BCUT2D eigenvalue weighted by molar-refractivity contribution is -0.151. The summed E-state index contributed by atoms with van der Waals surface area (Å²) in [4.78, 5) is 25.1. The van der Waals surface area contributed by atoms with E-state index in [-0.39, 0.29) is 17.5 Å². The van der Waals surface area contributed by atoms with E-state index in [4.69, 9.17) is 4.74 Å². The number of hydrogen-bond acceptors (Lipinski definition) is 3. The van der Waals surface area contributed by atoms with Crippen molar-refractivity contribution >= 4 is 12.0 Å². The SMILES string of the molecule is COC(=O)C(C)(C)N1CC(C(C)(C)C)NC1=O. The van der Waals surface area contributed by atoms with E-state index in [1.807, 2.05) is 0 Å². The van der Waals surface area contributed by atoms with Crippen LogP contribution in [0.15, 0.2) is 0 Å². The number of nitrogens with zero attached hydrogens (tertiary/aromatic N) is 1. The molecule has 5 nitrogen and oxygen atoms in total. The van der Waals surface area contributed by atoms with Gasteiger partial charge >= 0.3 is 12.0 Å². The lowest BCUT2D eigenvalue weighted by Crippen LogP contribution is -2.52. The third kappa shape index (κ3) is 2.53. The Hall–Kier alpha value is -1.26. The monoisotopic (exact) mass is 242 g/mol. The van der Waals surface area contributed by atoms with Crippen molar-refractivity contribution in [3.63, 3.8) is 0 Å². The third-order valence-electron chi connectivity index (χ3n) is 3.31. The van der Waals surface area contributed by atoms with Crippen LogP contribution in [0, 0.1) is 5.41 Å². The summed E-state index contributed by atoms with van der Waals surface area (Å²) in [5, 5.41) is 2.91. The minimum absolute atomic E-state index is 0.0311. The molecule has 1 unspecified atom stereocenters. The van der Waals surface area contributed by atoms with Gasteiger partial charge in [-0.3, -0.25) is 0 Å². The van der Waals surface area contributed by atoms with Crippen molar-refractivity contribution in [3.8, 4) is 0 Å². The lowest BCUT2D eigenvalue weighted by atomic mass is 9.87. The van der Waals surface area contributed by atoms with Gasteiger partial charge in [0.25, 0.3) is 0 Å². The van der Waals surface area contributed by atoms with E-state index < -0.39 is 11.5 Å². The van der Waals surface area contributed by atoms with Gasteiger partial charge in [0, 0.05) is 6.54 Å². The fraction of sp³-hybridized carbons (Fsp3) is 0.833. The van der Waals surface area contributed by atoms with Crippen molar-refractivity contribution in [1.82, 2.24) is 10.2 Å². The zero-order valence-electron chi connectivity index (χ0n) is 11.5. The van der Waals surface area contributed by atoms with Crippen LogP contribution >= 0.6 is 0 Å². The molecule has 0 aromatic heterocycles. The maximum Gasteiger partial charge on any atom is 0.331 e. The van der Waals surface area contributed by atoms with E-state index in [1.54, 1.807) is 13.8 Å². The lowest BCUT2D eigenvalue weighted by Gasteiger charge is -2.32. The van der Waals surface area contributed by atoms with E-state index in [1.165, 1.54) is 12.0 Å². The molecule has 0 saturated carbocycles. The molecule has 98 valence electrons. The van der Waals surface area contributed by atoms with Gasteiger partial charge in [-0.25, -0.2) is 9.59 Å². The Labute approximate surface area is 102 Å². The summed E-state index contributed by atoms with van der Waals surface area (Å²) in [7, 11) is 1.33. The van der Waals surface area contributed by atoms with Crippen LogP contribution in [0.5, 0.6) is 0 Å². The largest absolute Gasteiger partial charge is 0.467 e. The maximum atomic E-state index is 11.9. The van der Waals surface area contributed by atoms with Crippen LogP contribution in [0.25, 0.3) is 0 Å². The second-order valence-corrected chi connectivity index (χ2v) is 6.03. The molecule has 17 heavy (non-hydrogen) atoms. The molecule has 1 N–H and O–H groups in total. The van der Waals surface area contributed by atoms with Crippen molar-refractivity contribution in [2.45, 2.75) is 46.2 Å². The van der Waals surface area contributed by atoms with E-state index in [0.29, 0.717) is 6.54 Å². The number of carbonyl (C=O) groups is 2. The molecule has 1 heterocycles. The first-order valence-electron chi connectivity index (χ1n) is 5.77. The fourth-order valence-corrected chi connectivity index (χ4v) is 1.87. The first-order chi connectivity index (χ1) is 7.60. The number of hydrogen-bond donors (Lipinski definition) is 1. The van der Waals surface area contributed by atoms with Crippen molar-refractivity contribution in [2.75, 3.05) is 13.7 Å². The van der Waals surface area contributed by atoms with Gasteiger partial charge in [-0.1, -0.05) is 20.8 Å². The average molecular weight is 242 g/mol. The maximum absolute atomic E-state index is 11.9. The molecule has 0 bridgehead atoms. The number of ether oxygens (including phenoxy) is 1. The molecule has 5 heteroatoms. The van der Waals surface area contributed by atoms with Crippen molar-refractivity contribution < 1.29 is 14.3 Å². The molecule has 2 amide bonds. The Balaban J connectivity index is 2.88. The van der Waals surface area contributed by atoms with Crippen molar-refractivity contribution in [3.05, 3.63) is 0 Å². The smallest absolute Gasteiger partial charge is 0.331 e. The van der Waals surface area contributed by atoms with Gasteiger partial charge in [0.2, 0.25) is 0 Å². The van der Waals surface area contributed by atoms with Gasteiger partial charge in [-0.05, 0) is 19.3 Å². The highest BCUT2D eigenvalue weighted by molar-refractivity contribution is 5.88. The Kier molecular flexibility index (Phi) is 3.41. The van der Waals surface area contributed by atoms with Crippen LogP contribution in [-0.2, 0) is 9.53 Å². The molecule has 0 radical (unpaired) electrons. The van der Waals surface area contributed by atoms with Gasteiger partial charge in [-0.15, -0.1) is 0 Å². The fourth-order valence-electron chi connectivity index (χ4n) is 1.87. The molecule has 0 aliphatic carbocycles. The number of urea groups is 1. The van der Waals surface area contributed by atoms with Crippen LogP contribution in [-0.4, -0.2) is 42.1 Å². The van der Waals surface area contributed by atoms with E-state index >= 15 is 0 Å². The highest BCUT2D eigenvalue weighted by atomic mass is 16.5. The molecule has 1 atom stereocenters. The van der Waals surface area contributed by atoms with E-state index in [0.717, 1.165) is 0 Å². The standard InChI is InChI=1S/C12H22N2O3/c1-11(2,3)8-7-14(10(16)13-8)12(4,5)9(15)17-6/h8H,7H2,1-6H3,(H,13,16). The normalized spacial score (nSPS) is 21.4. The highest BCUT2D eigenvalue weighted by Crippen LogP contribution is 2.28. The summed E-state index contributed by atoms with van der Waals surface area (Å²) < 4.78 is 4.74. The Bertz CT molecular complexity index is 331. The Morgan fingerprint density at radius 1 is 1.35 bits per heavy atom. The molecule has 1 fully saturated rings. The first kappa shape index (κ1) is 13.8. The second kappa shape index (κ2) is 4.20. The molecule has 0 spiro atoms. The van der Waals surface area contributed by atoms with Gasteiger partial charge in [-0.2, -0.15) is 0 Å². The number of carbonyl (C=O) groups excluding carboxylic acids is 2. The number of amides is 2. The molecule has 1 rings (SSSR count). The van der Waals surface area contributed by atoms with Crippen LogP contribution in [0.4, 0.5) is 4.79 Å². The number of nitrogens with one attached hydrogen (secondary N) is 1. The van der Waals surface area contributed by atoms with Crippen LogP contribution in [0.2, 0.25) is 0 Å². The minimum Gasteiger partial charge on any atom is -0.467 e. The number of rotatable bonds is 2. The second-order valence-electron chi connectivity index (χ2n) is 6.03. The van der Waals surface area contributed by atoms with Crippen molar-refractivity contribution in [2.24, 2.45) is 5.41 Å². The zero-order chi connectivity index (χ0) is 13.4. The molecule has 0 aromatic carbocycles. The summed E-state index contributed by atoms with van der Waals surface area (Å²) >= 11 is 0. The number of esters is 1. The molecule has 0 aromatic rings. The highest BCUT2D eigenvalue weighted by Gasteiger charge is 2.46. The van der Waals surface area contributed by atoms with Crippen LogP contribution in [0.3, 0.4) is 0 Å². The predicted octanol–water partition coefficient (Wildman–Crippen LogP) is 1.38. The topological polar surface area (TPSA) is 58.6 Å². The average Bonchev–Trinajstić information content (AvgIpc) is 2.59. The molecule has 1 saturated heterocycles. The summed E-state index contributed by atoms with van der Waals surface area (Å²) in [6, 6.07) is -0.167. The third-order valence-corrected chi connectivity index (χ3v) is 3.31. The molecule has 1 aliphatic rings. The summed E-state index contributed by atoms with van der Waals surface area (Å²) in [5.74, 6) is -0.401. The van der Waals surface area contributed by atoms with Gasteiger partial charge in [0.05, 0.1) is 13.2 Å². The van der Waals surface area contributed by atoms with Crippen molar-refractivity contribution in [1.29, 1.82) is 0 Å². The summed E-state index contributed by atoms with van der Waals surface area (Å²) in [5.41, 5.74) is -0.963. The number of methoxy groups -OCH3 is 1. The van der Waals surface area contributed by atoms with Gasteiger partial charge in [0.15, 0.2) is 0 Å². The van der Waals surface area contributed by atoms with Gasteiger partial charge in [0.1, 0.15) is 5.54 Å². The molecular formula is C12H22N2O3. The van der Waals surface area contributed by atoms with E-state index in [2.05, 4.69) is 26.1 Å². The quantitative estimate of drug-likeness (QED) is 0.744. The van der Waals surface area contributed by atoms with Crippen LogP contribution in [0.1, 0.15) is 34.6 Å². The van der Waals surface area contributed by atoms with Crippen LogP contribution < -0.4 is 5.32 Å². The predicted molar refractivity (Wildman–Crippen MR) is 64.6 cm³/mol. The summed E-state index contributed by atoms with van der Waals surface area (Å²) in [6.07, 6.45) is 0. The molecular weight excluding hydrogens is 220 g/mol. The zero-order valence-corrected chi connectivity index (χ0v) is 11.5. The molecule has 1 aliphatic heterocycles. The van der Waals surface area contributed by atoms with Gasteiger partial charge < -0.3 is 15.0 Å². The Morgan fingerprint density at radius 3 is 2.24 bits per heavy atom. The minimum atomic E-state index is -0.932. The Morgan fingerprint density at radius 2 is 1.88 bits per heavy atom. The first-order valence-corrected chi connectivity index (χ1v) is 5.77. The summed E-state index contributed by atoms with van der Waals surface area (Å²) in [6.45, 7) is 10.1.